The maximum absolute atomic E-state index is 12.2. The number of rotatable bonds is 6. The fraction of sp³-hybridized carbons (Fsp3) is 0.176. The van der Waals surface area contributed by atoms with Gasteiger partial charge >= 0.3 is 0 Å². The van der Waals surface area contributed by atoms with Crippen molar-refractivity contribution >= 4 is 41.0 Å². The average molecular weight is 365 g/mol. The van der Waals surface area contributed by atoms with Gasteiger partial charge < -0.3 is 14.5 Å². The van der Waals surface area contributed by atoms with Gasteiger partial charge in [0.1, 0.15) is 11.5 Å². The van der Waals surface area contributed by atoms with Crippen LogP contribution in [0.15, 0.2) is 47.6 Å². The number of nitrogens with zero attached hydrogens (tertiary/aromatic N) is 1. The van der Waals surface area contributed by atoms with Gasteiger partial charge in [-0.3, -0.25) is 4.79 Å². The van der Waals surface area contributed by atoms with E-state index in [1.54, 1.807) is 38.5 Å². The van der Waals surface area contributed by atoms with Crippen LogP contribution in [0.4, 0.5) is 0 Å². The van der Waals surface area contributed by atoms with Crippen molar-refractivity contribution in [1.82, 2.24) is 9.97 Å². The van der Waals surface area contributed by atoms with Gasteiger partial charge in [-0.05, 0) is 36.4 Å². The molecule has 1 N–H and O–H groups in total. The highest BCUT2D eigenvalue weighted by Crippen LogP contribution is 2.24. The number of ether oxygens (including phenoxy) is 2. The predicted molar refractivity (Wildman–Crippen MR) is 97.9 cm³/mol. The minimum atomic E-state index is 0. The number of aromatic nitrogens is 2. The number of H-pyrrole nitrogens is 1. The second-order valence-corrected chi connectivity index (χ2v) is 5.83. The molecular formula is C17H17ClN2O3S. The van der Waals surface area contributed by atoms with Crippen molar-refractivity contribution in [3.63, 3.8) is 0 Å². The van der Waals surface area contributed by atoms with Crippen LogP contribution in [0, 0.1) is 0 Å². The summed E-state index contributed by atoms with van der Waals surface area (Å²) in [6.07, 6.45) is 0. The van der Waals surface area contributed by atoms with Crippen LogP contribution in [0.5, 0.6) is 11.5 Å². The van der Waals surface area contributed by atoms with Gasteiger partial charge in [-0.1, -0.05) is 11.8 Å². The lowest BCUT2D eigenvalue weighted by Gasteiger charge is -2.02. The molecule has 0 fully saturated rings. The van der Waals surface area contributed by atoms with E-state index in [4.69, 9.17) is 9.47 Å². The third kappa shape index (κ3) is 4.01. The topological polar surface area (TPSA) is 64.2 Å². The van der Waals surface area contributed by atoms with E-state index in [1.807, 2.05) is 18.2 Å². The maximum atomic E-state index is 12.2. The normalized spacial score (nSPS) is 10.2. The molecule has 0 amide bonds. The Kier molecular flexibility index (Phi) is 6.11. The molecule has 0 aliphatic rings. The number of halogens is 1. The summed E-state index contributed by atoms with van der Waals surface area (Å²) in [5.74, 6) is 1.88. The van der Waals surface area contributed by atoms with E-state index in [-0.39, 0.29) is 18.2 Å². The highest BCUT2D eigenvalue weighted by Gasteiger charge is 2.10. The first-order chi connectivity index (χ1) is 11.2. The summed E-state index contributed by atoms with van der Waals surface area (Å²) in [6.45, 7) is 0. The van der Waals surface area contributed by atoms with Gasteiger partial charge in [0.25, 0.3) is 0 Å². The molecule has 0 aliphatic carbocycles. The minimum Gasteiger partial charge on any atom is -0.497 e. The van der Waals surface area contributed by atoms with Crippen LogP contribution < -0.4 is 9.47 Å². The number of methoxy groups -OCH3 is 2. The van der Waals surface area contributed by atoms with Crippen molar-refractivity contribution in [3.8, 4) is 11.5 Å². The number of benzene rings is 2. The predicted octanol–water partition coefficient (Wildman–Crippen LogP) is 3.98. The molecule has 0 aliphatic heterocycles. The van der Waals surface area contributed by atoms with Crippen LogP contribution in [0.3, 0.4) is 0 Å². The van der Waals surface area contributed by atoms with Crippen molar-refractivity contribution in [1.29, 1.82) is 0 Å². The quantitative estimate of drug-likeness (QED) is 0.529. The fourth-order valence-corrected chi connectivity index (χ4v) is 2.93. The number of imidazole rings is 1. The molecule has 1 aromatic heterocycles. The molecule has 7 heteroatoms. The summed E-state index contributed by atoms with van der Waals surface area (Å²) in [5, 5.41) is 0.718. The maximum Gasteiger partial charge on any atom is 0.173 e. The number of thioether (sulfide) groups is 1. The summed E-state index contributed by atoms with van der Waals surface area (Å²) in [5.41, 5.74) is 2.41. The number of carbonyl (C=O) groups is 1. The largest absolute Gasteiger partial charge is 0.497 e. The third-order valence-corrected chi connectivity index (χ3v) is 4.29. The molecule has 0 bridgehead atoms. The Hall–Kier alpha value is -2.18. The lowest BCUT2D eigenvalue weighted by molar-refractivity contribution is 0.102. The molecule has 5 nitrogen and oxygen atoms in total. The smallest absolute Gasteiger partial charge is 0.173 e. The van der Waals surface area contributed by atoms with Gasteiger partial charge in [-0.15, -0.1) is 12.4 Å². The molecule has 1 heterocycles. The van der Waals surface area contributed by atoms with E-state index in [0.717, 1.165) is 27.7 Å². The highest BCUT2D eigenvalue weighted by atomic mass is 35.5. The molecule has 0 spiro atoms. The standard InChI is InChI=1S/C17H16N2O3S.ClH/c1-21-12-5-3-11(4-6-12)16(20)10-23-17-18-14-8-7-13(22-2)9-15(14)19-17;/h3-9H,10H2,1-2H3,(H,18,19);1H. The zero-order valence-corrected chi connectivity index (χ0v) is 14.9. The van der Waals surface area contributed by atoms with E-state index >= 15 is 0 Å². The van der Waals surface area contributed by atoms with Crippen molar-refractivity contribution < 1.29 is 14.3 Å². The van der Waals surface area contributed by atoms with E-state index < -0.39 is 0 Å². The first kappa shape index (κ1) is 18.2. The fourth-order valence-electron chi connectivity index (χ4n) is 2.15. The SMILES string of the molecule is COc1ccc(C(=O)CSc2nc3ccc(OC)cc3[nH]2)cc1.Cl. The second kappa shape index (κ2) is 8.08. The Labute approximate surface area is 150 Å². The number of ketones is 1. The Bertz CT molecular complexity index is 833. The summed E-state index contributed by atoms with van der Waals surface area (Å²) < 4.78 is 10.3. The number of aromatic amines is 1. The first-order valence-corrected chi connectivity index (χ1v) is 8.02. The summed E-state index contributed by atoms with van der Waals surface area (Å²) >= 11 is 1.38. The van der Waals surface area contributed by atoms with Gasteiger partial charge in [0.2, 0.25) is 0 Å². The van der Waals surface area contributed by atoms with Crippen molar-refractivity contribution in [3.05, 3.63) is 48.0 Å². The van der Waals surface area contributed by atoms with Gasteiger partial charge in [0.05, 0.1) is 31.0 Å². The lowest BCUT2D eigenvalue weighted by Crippen LogP contribution is -2.02. The number of fused-ring (bicyclic) bond motifs is 1. The van der Waals surface area contributed by atoms with Crippen LogP contribution in [0.2, 0.25) is 0 Å². The minimum absolute atomic E-state index is 0. The molecular weight excluding hydrogens is 348 g/mol. The van der Waals surface area contributed by atoms with Crippen LogP contribution in [-0.2, 0) is 0 Å². The number of carbonyl (C=O) groups excluding carboxylic acids is 1. The Morgan fingerprint density at radius 2 is 1.75 bits per heavy atom. The lowest BCUT2D eigenvalue weighted by atomic mass is 10.1. The second-order valence-electron chi connectivity index (χ2n) is 4.87. The van der Waals surface area contributed by atoms with Crippen LogP contribution in [0.25, 0.3) is 11.0 Å². The molecule has 3 aromatic rings. The van der Waals surface area contributed by atoms with E-state index in [0.29, 0.717) is 11.3 Å². The molecule has 3 rings (SSSR count). The van der Waals surface area contributed by atoms with Crippen molar-refractivity contribution in [2.24, 2.45) is 0 Å². The Morgan fingerprint density at radius 1 is 1.08 bits per heavy atom. The Balaban J connectivity index is 0.00000208. The highest BCUT2D eigenvalue weighted by molar-refractivity contribution is 7.99. The molecule has 0 atom stereocenters. The number of Topliss-reactive ketones (excluding diaryl/α,β-unsaturated/α-hetero) is 1. The first-order valence-electron chi connectivity index (χ1n) is 7.03. The summed E-state index contributed by atoms with van der Waals surface area (Å²) in [7, 11) is 3.23. The molecule has 126 valence electrons. The van der Waals surface area contributed by atoms with Gasteiger partial charge in [0.15, 0.2) is 10.9 Å². The molecule has 0 saturated heterocycles. The van der Waals surface area contributed by atoms with E-state index in [2.05, 4.69) is 9.97 Å². The zero-order chi connectivity index (χ0) is 16.2. The van der Waals surface area contributed by atoms with Gasteiger partial charge in [-0.25, -0.2) is 4.98 Å². The molecule has 0 saturated carbocycles. The van der Waals surface area contributed by atoms with Gasteiger partial charge in [0, 0.05) is 11.6 Å². The van der Waals surface area contributed by atoms with Gasteiger partial charge in [-0.2, -0.15) is 0 Å². The van der Waals surface area contributed by atoms with Crippen molar-refractivity contribution in [2.45, 2.75) is 5.16 Å². The average Bonchev–Trinajstić information content (AvgIpc) is 3.01. The molecule has 0 radical (unpaired) electrons. The third-order valence-electron chi connectivity index (χ3n) is 3.42. The Morgan fingerprint density at radius 3 is 2.42 bits per heavy atom. The van der Waals surface area contributed by atoms with Crippen LogP contribution >= 0.6 is 24.2 Å². The molecule has 0 unspecified atom stereocenters. The van der Waals surface area contributed by atoms with E-state index in [1.165, 1.54) is 11.8 Å². The zero-order valence-electron chi connectivity index (χ0n) is 13.2. The van der Waals surface area contributed by atoms with Crippen molar-refractivity contribution in [2.75, 3.05) is 20.0 Å². The molecule has 24 heavy (non-hydrogen) atoms. The van der Waals surface area contributed by atoms with E-state index in [9.17, 15) is 4.79 Å². The summed E-state index contributed by atoms with van der Waals surface area (Å²) in [6, 6.07) is 12.7. The van der Waals surface area contributed by atoms with Crippen LogP contribution in [0.1, 0.15) is 10.4 Å². The number of nitrogens with one attached hydrogen (secondary N) is 1. The number of hydrogen-bond donors (Lipinski definition) is 1. The van der Waals surface area contributed by atoms with Crippen LogP contribution in [-0.4, -0.2) is 35.7 Å². The monoisotopic (exact) mass is 364 g/mol. The number of hydrogen-bond acceptors (Lipinski definition) is 5. The molecule has 2 aromatic carbocycles. The summed E-state index contributed by atoms with van der Waals surface area (Å²) in [4.78, 5) is 19.9.